The molecule has 1 aliphatic heterocycles. The van der Waals surface area contributed by atoms with Crippen LogP contribution >= 0.6 is 11.9 Å². The first-order valence-corrected chi connectivity index (χ1v) is 13.7. The summed E-state index contributed by atoms with van der Waals surface area (Å²) in [5, 5.41) is 7.49. The monoisotopic (exact) mass is 592 g/mol. The van der Waals surface area contributed by atoms with Crippen molar-refractivity contribution in [1.82, 2.24) is 14.8 Å². The quantitative estimate of drug-likeness (QED) is 0.0832. The largest absolute Gasteiger partial charge is 0.455 e. The van der Waals surface area contributed by atoms with Crippen LogP contribution in [0, 0.1) is 18.6 Å². The van der Waals surface area contributed by atoms with E-state index in [0.717, 1.165) is 23.7 Å². The van der Waals surface area contributed by atoms with Gasteiger partial charge in [-0.2, -0.15) is 5.10 Å². The van der Waals surface area contributed by atoms with Crippen LogP contribution < -0.4 is 20.5 Å². The number of Topliss-reactive ketones (excluding diaryl/α,β-unsaturated/α-hetero) is 1. The number of ketones is 1. The second-order valence-electron chi connectivity index (χ2n) is 9.60. The molecule has 2 aromatic heterocycles. The molecule has 0 fully saturated rings. The minimum Gasteiger partial charge on any atom is -0.455 e. The van der Waals surface area contributed by atoms with E-state index in [1.54, 1.807) is 37.3 Å². The topological polar surface area (TPSA) is 107 Å². The SMILES string of the molecule is C/C=C\C(Oc1ccc(-n2ncc(C(=O)C3Cc4cc(F)c(NSc5cncc(F)c5)cc4N3)c2N)c(C)c1)=C(/C)F. The van der Waals surface area contributed by atoms with Crippen molar-refractivity contribution >= 4 is 34.9 Å². The Morgan fingerprint density at radius 1 is 1.21 bits per heavy atom. The average Bonchev–Trinajstić information content (AvgIpc) is 3.54. The molecule has 4 N–H and O–H groups in total. The van der Waals surface area contributed by atoms with E-state index in [1.807, 2.05) is 6.92 Å². The number of carbonyl (C=O) groups is 1. The summed E-state index contributed by atoms with van der Waals surface area (Å²) in [5.74, 6) is -1.06. The van der Waals surface area contributed by atoms with Crippen molar-refractivity contribution in [3.8, 4) is 11.4 Å². The molecule has 0 aliphatic carbocycles. The summed E-state index contributed by atoms with van der Waals surface area (Å²) in [5.41, 5.74) is 9.38. The number of allylic oxidation sites excluding steroid dienone is 3. The Labute approximate surface area is 244 Å². The number of nitrogens with one attached hydrogen (secondary N) is 2. The maximum Gasteiger partial charge on any atom is 0.190 e. The van der Waals surface area contributed by atoms with Crippen molar-refractivity contribution < 1.29 is 22.7 Å². The molecule has 0 spiro atoms. The van der Waals surface area contributed by atoms with Crippen LogP contribution in [0.5, 0.6) is 5.75 Å². The van der Waals surface area contributed by atoms with Crippen LogP contribution in [0.15, 0.2) is 83.6 Å². The van der Waals surface area contributed by atoms with Gasteiger partial charge in [0.1, 0.15) is 29.0 Å². The third-order valence-corrected chi connectivity index (χ3v) is 7.36. The average molecular weight is 593 g/mol. The summed E-state index contributed by atoms with van der Waals surface area (Å²) in [7, 11) is 0. The van der Waals surface area contributed by atoms with E-state index in [0.29, 0.717) is 27.6 Å². The van der Waals surface area contributed by atoms with Gasteiger partial charge in [-0.05, 0) is 86.3 Å². The predicted octanol–water partition coefficient (Wildman–Crippen LogP) is 6.93. The number of aryl methyl sites for hydroxylation is 1. The summed E-state index contributed by atoms with van der Waals surface area (Å²) in [4.78, 5) is 17.7. The van der Waals surface area contributed by atoms with E-state index in [-0.39, 0.29) is 35.0 Å². The van der Waals surface area contributed by atoms with Crippen LogP contribution in [-0.4, -0.2) is 26.6 Å². The second-order valence-corrected chi connectivity index (χ2v) is 10.5. The maximum absolute atomic E-state index is 14.8. The van der Waals surface area contributed by atoms with Crippen LogP contribution in [0.2, 0.25) is 0 Å². The molecule has 0 radical (unpaired) electrons. The summed E-state index contributed by atoms with van der Waals surface area (Å²) < 4.78 is 52.0. The molecular formula is C30H27F3N6O2S. The van der Waals surface area contributed by atoms with Crippen molar-refractivity contribution in [3.05, 3.63) is 107 Å². The molecule has 0 saturated carbocycles. The van der Waals surface area contributed by atoms with E-state index in [1.165, 1.54) is 42.2 Å². The first-order chi connectivity index (χ1) is 20.1. The number of nitrogens with two attached hydrogens (primary N) is 1. The first kappa shape index (κ1) is 28.8. The van der Waals surface area contributed by atoms with Gasteiger partial charge in [-0.1, -0.05) is 6.08 Å². The van der Waals surface area contributed by atoms with Crippen LogP contribution in [0.25, 0.3) is 5.69 Å². The molecule has 0 bridgehead atoms. The fourth-order valence-electron chi connectivity index (χ4n) is 4.53. The molecule has 12 heteroatoms. The molecule has 8 nitrogen and oxygen atoms in total. The van der Waals surface area contributed by atoms with Gasteiger partial charge in [0.05, 0.1) is 35.4 Å². The van der Waals surface area contributed by atoms with Crippen molar-refractivity contribution in [1.29, 1.82) is 0 Å². The number of nitrogens with zero attached hydrogens (tertiary/aromatic N) is 3. The molecule has 216 valence electrons. The Hall–Kier alpha value is -4.71. The number of pyridine rings is 1. The molecule has 1 aliphatic rings. The van der Waals surface area contributed by atoms with E-state index < -0.39 is 23.5 Å². The Bertz CT molecular complexity index is 1730. The highest BCUT2D eigenvalue weighted by molar-refractivity contribution is 8.00. The lowest BCUT2D eigenvalue weighted by atomic mass is 10.0. The number of hydrogen-bond donors (Lipinski definition) is 3. The molecule has 1 atom stereocenters. The van der Waals surface area contributed by atoms with Crippen LogP contribution in [0.1, 0.15) is 35.3 Å². The number of halogens is 3. The van der Waals surface area contributed by atoms with Gasteiger partial charge in [-0.3, -0.25) is 9.78 Å². The van der Waals surface area contributed by atoms with Gasteiger partial charge in [0.25, 0.3) is 0 Å². The molecule has 5 rings (SSSR count). The molecule has 3 heterocycles. The lowest BCUT2D eigenvalue weighted by molar-refractivity contribution is 0.0972. The number of benzene rings is 2. The number of anilines is 3. The number of carbonyl (C=O) groups excluding carboxylic acids is 1. The molecule has 1 unspecified atom stereocenters. The number of hydrogen-bond acceptors (Lipinski definition) is 8. The van der Waals surface area contributed by atoms with E-state index in [2.05, 4.69) is 20.1 Å². The van der Waals surface area contributed by atoms with Gasteiger partial charge >= 0.3 is 0 Å². The smallest absolute Gasteiger partial charge is 0.190 e. The standard InChI is InChI=1S/C30H27F3N6O2S/c1-4-5-28(17(3)31)41-20-6-7-27(16(2)8-20)39-30(34)22(15-36-39)29(40)26-10-18-9-23(33)25(12-24(18)37-26)38-42-21-11-19(32)13-35-14-21/h4-9,11-15,26,37-38H,10,34H2,1-3H3/b5-4-,28-17-. The van der Waals surface area contributed by atoms with Crippen LogP contribution in [-0.2, 0) is 6.42 Å². The Kier molecular flexibility index (Phi) is 8.25. The summed E-state index contributed by atoms with van der Waals surface area (Å²) in [6.07, 6.45) is 7.42. The van der Waals surface area contributed by atoms with Crippen molar-refractivity contribution in [2.45, 2.75) is 38.1 Å². The van der Waals surface area contributed by atoms with E-state index in [9.17, 15) is 18.0 Å². The number of fused-ring (bicyclic) bond motifs is 1. The van der Waals surface area contributed by atoms with E-state index >= 15 is 0 Å². The summed E-state index contributed by atoms with van der Waals surface area (Å²) in [6, 6.07) is 8.65. The number of rotatable bonds is 9. The zero-order valence-electron chi connectivity index (χ0n) is 22.9. The molecule has 0 amide bonds. The highest BCUT2D eigenvalue weighted by atomic mass is 32.2. The van der Waals surface area contributed by atoms with Gasteiger partial charge in [-0.25, -0.2) is 17.9 Å². The van der Waals surface area contributed by atoms with Crippen LogP contribution in [0.3, 0.4) is 0 Å². The number of nitrogen functional groups attached to an aromatic ring is 1. The predicted molar refractivity (Wildman–Crippen MR) is 157 cm³/mol. The molecule has 0 saturated heterocycles. The van der Waals surface area contributed by atoms with Gasteiger partial charge in [-0.15, -0.1) is 0 Å². The number of aromatic nitrogens is 3. The van der Waals surface area contributed by atoms with Crippen LogP contribution in [0.4, 0.5) is 30.4 Å². The lowest BCUT2D eigenvalue weighted by Crippen LogP contribution is -2.27. The molecule has 42 heavy (non-hydrogen) atoms. The Morgan fingerprint density at radius 3 is 2.74 bits per heavy atom. The highest BCUT2D eigenvalue weighted by Crippen LogP contribution is 2.35. The minimum atomic E-state index is -0.674. The highest BCUT2D eigenvalue weighted by Gasteiger charge is 2.31. The normalized spacial score (nSPS) is 14.9. The van der Waals surface area contributed by atoms with Crippen molar-refractivity contribution in [2.24, 2.45) is 0 Å². The third kappa shape index (κ3) is 5.98. The Morgan fingerprint density at radius 2 is 2.02 bits per heavy atom. The van der Waals surface area contributed by atoms with Gasteiger partial charge in [0, 0.05) is 23.2 Å². The zero-order valence-corrected chi connectivity index (χ0v) is 23.7. The van der Waals surface area contributed by atoms with Crippen molar-refractivity contribution in [3.63, 3.8) is 0 Å². The molecule has 4 aromatic rings. The van der Waals surface area contributed by atoms with E-state index in [4.69, 9.17) is 10.5 Å². The van der Waals surface area contributed by atoms with Gasteiger partial charge in [0.2, 0.25) is 0 Å². The third-order valence-electron chi connectivity index (χ3n) is 6.58. The zero-order chi connectivity index (χ0) is 30.0. The lowest BCUT2D eigenvalue weighted by Gasteiger charge is -2.13. The first-order valence-electron chi connectivity index (χ1n) is 12.9. The minimum absolute atomic E-state index is 0.103. The molecule has 2 aromatic carbocycles. The summed E-state index contributed by atoms with van der Waals surface area (Å²) in [6.45, 7) is 4.90. The van der Waals surface area contributed by atoms with Gasteiger partial charge < -0.3 is 20.5 Å². The molecular weight excluding hydrogens is 565 g/mol. The second kappa shape index (κ2) is 12.0. The summed E-state index contributed by atoms with van der Waals surface area (Å²) >= 11 is 1.02. The fourth-order valence-corrected chi connectivity index (χ4v) is 5.20. The fraction of sp³-hybridized carbons (Fsp3) is 0.167. The van der Waals surface area contributed by atoms with Crippen molar-refractivity contribution in [2.75, 3.05) is 15.8 Å². The van der Waals surface area contributed by atoms with Gasteiger partial charge in [0.15, 0.2) is 11.5 Å². The maximum atomic E-state index is 14.8. The number of ether oxygens (including phenoxy) is 1. The Balaban J connectivity index is 1.30.